The second-order valence-electron chi connectivity index (χ2n) is 9.56. The topological polar surface area (TPSA) is 84.1 Å². The van der Waals surface area contributed by atoms with Crippen LogP contribution in [0.3, 0.4) is 0 Å². The molecular formula is C27H31N3O5. The summed E-state index contributed by atoms with van der Waals surface area (Å²) < 4.78 is 16.7. The number of hydrogen-bond acceptors (Lipinski definition) is 5. The van der Waals surface area contributed by atoms with Gasteiger partial charge >= 0.3 is 0 Å². The fraction of sp³-hybridized carbons (Fsp3) is 0.407. The van der Waals surface area contributed by atoms with Crippen molar-refractivity contribution in [3.05, 3.63) is 53.2 Å². The predicted molar refractivity (Wildman–Crippen MR) is 132 cm³/mol. The third-order valence-corrected chi connectivity index (χ3v) is 6.93. The SMILES string of the molecule is COc1cc(C2c3[nH]c4ccccc4c3C[C@H]3C(=O)N(CC(C)C)CC(=O)N23)cc(OC)c1OC. The van der Waals surface area contributed by atoms with Crippen molar-refractivity contribution in [2.75, 3.05) is 34.4 Å². The van der Waals surface area contributed by atoms with Gasteiger partial charge in [0.2, 0.25) is 17.6 Å². The molecule has 0 saturated carbocycles. The number of aromatic nitrogens is 1. The Morgan fingerprint density at radius 2 is 1.71 bits per heavy atom. The number of H-pyrrole nitrogens is 1. The van der Waals surface area contributed by atoms with E-state index in [4.69, 9.17) is 14.2 Å². The van der Waals surface area contributed by atoms with E-state index in [9.17, 15) is 9.59 Å². The number of aromatic amines is 1. The van der Waals surface area contributed by atoms with Gasteiger partial charge in [0.25, 0.3) is 0 Å². The largest absolute Gasteiger partial charge is 0.493 e. The fourth-order valence-corrected chi connectivity index (χ4v) is 5.52. The van der Waals surface area contributed by atoms with E-state index >= 15 is 0 Å². The van der Waals surface area contributed by atoms with Crippen molar-refractivity contribution >= 4 is 22.7 Å². The van der Waals surface area contributed by atoms with E-state index in [1.807, 2.05) is 30.3 Å². The molecule has 2 amide bonds. The third kappa shape index (κ3) is 3.68. The molecule has 1 fully saturated rings. The number of ether oxygens (including phenoxy) is 3. The van der Waals surface area contributed by atoms with Gasteiger partial charge in [-0.05, 0) is 35.2 Å². The smallest absolute Gasteiger partial charge is 0.246 e. The number of benzene rings is 2. The minimum atomic E-state index is -0.578. The average molecular weight is 478 g/mol. The molecule has 2 aliphatic heterocycles. The summed E-state index contributed by atoms with van der Waals surface area (Å²) in [7, 11) is 4.69. The molecule has 2 aromatic carbocycles. The lowest BCUT2D eigenvalue weighted by Crippen LogP contribution is -2.63. The molecule has 1 N–H and O–H groups in total. The first kappa shape index (κ1) is 23.1. The Balaban J connectivity index is 1.72. The van der Waals surface area contributed by atoms with Gasteiger partial charge in [-0.2, -0.15) is 0 Å². The highest BCUT2D eigenvalue weighted by atomic mass is 16.5. The molecule has 0 radical (unpaired) electrons. The van der Waals surface area contributed by atoms with E-state index in [1.165, 1.54) is 0 Å². The molecule has 0 bridgehead atoms. The summed E-state index contributed by atoms with van der Waals surface area (Å²) in [6.07, 6.45) is 0.472. The van der Waals surface area contributed by atoms with Crippen LogP contribution >= 0.6 is 0 Å². The number of carbonyl (C=O) groups excluding carboxylic acids is 2. The molecule has 0 spiro atoms. The maximum absolute atomic E-state index is 13.7. The van der Waals surface area contributed by atoms with Crippen LogP contribution in [0.1, 0.15) is 36.7 Å². The summed E-state index contributed by atoms with van der Waals surface area (Å²) >= 11 is 0. The van der Waals surface area contributed by atoms with Crippen molar-refractivity contribution < 1.29 is 23.8 Å². The van der Waals surface area contributed by atoms with Gasteiger partial charge in [0.05, 0.1) is 33.9 Å². The van der Waals surface area contributed by atoms with Gasteiger partial charge in [0.1, 0.15) is 6.04 Å². The van der Waals surface area contributed by atoms with Crippen molar-refractivity contribution in [3.63, 3.8) is 0 Å². The van der Waals surface area contributed by atoms with E-state index < -0.39 is 12.1 Å². The second-order valence-corrected chi connectivity index (χ2v) is 9.56. The minimum absolute atomic E-state index is 0.00771. The van der Waals surface area contributed by atoms with Crippen LogP contribution in [-0.4, -0.2) is 67.1 Å². The molecule has 3 heterocycles. The van der Waals surface area contributed by atoms with Crippen LogP contribution < -0.4 is 14.2 Å². The molecule has 184 valence electrons. The Labute approximate surface area is 204 Å². The number of nitrogens with zero attached hydrogens (tertiary/aromatic N) is 2. The van der Waals surface area contributed by atoms with Crippen molar-refractivity contribution in [3.8, 4) is 17.2 Å². The van der Waals surface area contributed by atoms with Gasteiger partial charge in [0, 0.05) is 29.6 Å². The molecule has 1 unspecified atom stereocenters. The lowest BCUT2D eigenvalue weighted by atomic mass is 9.86. The van der Waals surface area contributed by atoms with E-state index in [0.717, 1.165) is 27.7 Å². The molecule has 5 rings (SSSR count). The van der Waals surface area contributed by atoms with Crippen LogP contribution in [0.25, 0.3) is 10.9 Å². The van der Waals surface area contributed by atoms with Crippen molar-refractivity contribution in [1.29, 1.82) is 0 Å². The van der Waals surface area contributed by atoms with Gasteiger partial charge in [-0.15, -0.1) is 0 Å². The number of carbonyl (C=O) groups is 2. The summed E-state index contributed by atoms with van der Waals surface area (Å²) in [6.45, 7) is 4.75. The number of hydrogen-bond donors (Lipinski definition) is 1. The van der Waals surface area contributed by atoms with Crippen LogP contribution in [0, 0.1) is 5.92 Å². The van der Waals surface area contributed by atoms with E-state index in [0.29, 0.717) is 30.2 Å². The predicted octanol–water partition coefficient (Wildman–Crippen LogP) is 3.53. The van der Waals surface area contributed by atoms with Gasteiger partial charge < -0.3 is 29.0 Å². The van der Waals surface area contributed by atoms with Crippen LogP contribution in [-0.2, 0) is 16.0 Å². The summed E-state index contributed by atoms with van der Waals surface area (Å²) in [5.41, 5.74) is 3.74. The van der Waals surface area contributed by atoms with E-state index in [2.05, 4.69) is 24.9 Å². The zero-order chi connectivity index (χ0) is 24.9. The number of methoxy groups -OCH3 is 3. The molecule has 2 aliphatic rings. The van der Waals surface area contributed by atoms with Gasteiger partial charge in [-0.1, -0.05) is 32.0 Å². The standard InChI is InChI=1S/C27H31N3O5/c1-15(2)13-29-14-23(31)30-20(27(29)32)12-18-17-8-6-7-9-19(17)28-24(18)25(30)16-10-21(33-3)26(35-5)22(11-16)34-4/h6-11,15,20,25,28H,12-14H2,1-5H3/t20-,25?/m0/s1. The Hall–Kier alpha value is -3.68. The summed E-state index contributed by atoms with van der Waals surface area (Å²) in [5, 5.41) is 1.07. The van der Waals surface area contributed by atoms with Crippen LogP contribution in [0.4, 0.5) is 0 Å². The van der Waals surface area contributed by atoms with Crippen LogP contribution in [0.2, 0.25) is 0 Å². The minimum Gasteiger partial charge on any atom is -0.493 e. The van der Waals surface area contributed by atoms with E-state index in [1.54, 1.807) is 31.1 Å². The monoisotopic (exact) mass is 477 g/mol. The molecule has 8 heteroatoms. The lowest BCUT2D eigenvalue weighted by Gasteiger charge is -2.47. The van der Waals surface area contributed by atoms with Crippen molar-refractivity contribution in [2.24, 2.45) is 5.92 Å². The zero-order valence-corrected chi connectivity index (χ0v) is 20.8. The normalized spacial score (nSPS) is 19.7. The number of fused-ring (bicyclic) bond motifs is 4. The summed E-state index contributed by atoms with van der Waals surface area (Å²) in [4.78, 5) is 34.3. The highest BCUT2D eigenvalue weighted by Gasteiger charge is 2.48. The Kier molecular flexibility index (Phi) is 5.83. The highest BCUT2D eigenvalue weighted by Crippen LogP contribution is 2.47. The molecule has 1 aromatic heterocycles. The Morgan fingerprint density at radius 1 is 1.03 bits per heavy atom. The number of rotatable bonds is 6. The quantitative estimate of drug-likeness (QED) is 0.587. The van der Waals surface area contributed by atoms with Crippen LogP contribution in [0.5, 0.6) is 17.2 Å². The van der Waals surface area contributed by atoms with Crippen molar-refractivity contribution in [2.45, 2.75) is 32.4 Å². The molecule has 2 atom stereocenters. The molecule has 8 nitrogen and oxygen atoms in total. The lowest BCUT2D eigenvalue weighted by molar-refractivity contribution is -0.159. The summed E-state index contributed by atoms with van der Waals surface area (Å²) in [5.74, 6) is 1.67. The first-order valence-corrected chi connectivity index (χ1v) is 11.9. The van der Waals surface area contributed by atoms with Gasteiger partial charge in [-0.3, -0.25) is 9.59 Å². The molecule has 1 saturated heterocycles. The van der Waals surface area contributed by atoms with Crippen LogP contribution in [0.15, 0.2) is 36.4 Å². The maximum atomic E-state index is 13.7. The number of nitrogens with one attached hydrogen (secondary N) is 1. The average Bonchev–Trinajstić information content (AvgIpc) is 3.23. The first-order valence-electron chi connectivity index (χ1n) is 11.9. The van der Waals surface area contributed by atoms with Gasteiger partial charge in [-0.25, -0.2) is 0 Å². The molecule has 0 aliphatic carbocycles. The molecule has 35 heavy (non-hydrogen) atoms. The van der Waals surface area contributed by atoms with Gasteiger partial charge in [0.15, 0.2) is 11.5 Å². The first-order chi connectivity index (χ1) is 16.9. The number of amides is 2. The number of piperazine rings is 1. The second kappa shape index (κ2) is 8.83. The molecular weight excluding hydrogens is 446 g/mol. The Bertz CT molecular complexity index is 1270. The van der Waals surface area contributed by atoms with Crippen molar-refractivity contribution in [1.82, 2.24) is 14.8 Å². The summed E-state index contributed by atoms with van der Waals surface area (Å²) in [6, 6.07) is 10.7. The maximum Gasteiger partial charge on any atom is 0.246 e. The van der Waals surface area contributed by atoms with E-state index in [-0.39, 0.29) is 24.3 Å². The Morgan fingerprint density at radius 3 is 2.34 bits per heavy atom. The highest BCUT2D eigenvalue weighted by molar-refractivity contribution is 5.97. The molecule has 3 aromatic rings. The third-order valence-electron chi connectivity index (χ3n) is 6.93. The number of para-hydroxylation sites is 1. The fourth-order valence-electron chi connectivity index (χ4n) is 5.52. The zero-order valence-electron chi connectivity index (χ0n) is 20.8.